The molecule has 4 aromatic rings. The number of ether oxygens (including phenoxy) is 2. The monoisotopic (exact) mass is 552 g/mol. The van der Waals surface area contributed by atoms with Crippen molar-refractivity contribution in [1.29, 1.82) is 0 Å². The van der Waals surface area contributed by atoms with Gasteiger partial charge < -0.3 is 14.4 Å². The molecule has 0 bridgehead atoms. The highest BCUT2D eigenvalue weighted by Gasteiger charge is 2.26. The van der Waals surface area contributed by atoms with E-state index in [4.69, 9.17) is 14.5 Å². The van der Waals surface area contributed by atoms with Crippen molar-refractivity contribution in [3.8, 4) is 11.5 Å². The van der Waals surface area contributed by atoms with Crippen molar-refractivity contribution in [2.24, 2.45) is 0 Å². The normalized spacial score (nSPS) is 12.7. The molecule has 3 aromatic carbocycles. The van der Waals surface area contributed by atoms with Gasteiger partial charge in [0.15, 0.2) is 16.6 Å². The summed E-state index contributed by atoms with van der Waals surface area (Å²) < 4.78 is 39.9. The van der Waals surface area contributed by atoms with Gasteiger partial charge in [-0.25, -0.2) is 13.4 Å². The van der Waals surface area contributed by atoms with Crippen molar-refractivity contribution >= 4 is 48.3 Å². The average Bonchev–Trinajstić information content (AvgIpc) is 3.54. The fraction of sp³-hybridized carbons (Fsp3) is 0.259. The quantitative estimate of drug-likeness (QED) is 0.303. The first-order valence-electron chi connectivity index (χ1n) is 12.1. The number of likely N-dealkylation sites (N-methyl/N-ethyl adjacent to an activating group) is 1. The summed E-state index contributed by atoms with van der Waals surface area (Å²) >= 11 is 1.40. The SMILES string of the molecule is CCN(c1ccccc1)S(=O)(=O)c1ccc(C(=O)N(CCN(C)C)c2nc3cc4c(cc3s2)OCO4)cc1. The highest BCUT2D eigenvalue weighted by molar-refractivity contribution is 7.92. The summed E-state index contributed by atoms with van der Waals surface area (Å²) in [6.07, 6.45) is 0. The van der Waals surface area contributed by atoms with E-state index in [9.17, 15) is 13.2 Å². The Morgan fingerprint density at radius 1 is 0.974 bits per heavy atom. The van der Waals surface area contributed by atoms with Crippen LogP contribution in [0.1, 0.15) is 17.3 Å². The van der Waals surface area contributed by atoms with Gasteiger partial charge in [-0.2, -0.15) is 0 Å². The zero-order valence-electron chi connectivity index (χ0n) is 21.3. The second-order valence-corrected chi connectivity index (χ2v) is 11.8. The Labute approximate surface area is 225 Å². The van der Waals surface area contributed by atoms with Crippen molar-refractivity contribution in [2.75, 3.05) is 49.7 Å². The van der Waals surface area contributed by atoms with E-state index in [2.05, 4.69) is 0 Å². The molecule has 38 heavy (non-hydrogen) atoms. The first-order chi connectivity index (χ1) is 18.3. The van der Waals surface area contributed by atoms with Crippen LogP contribution in [0.5, 0.6) is 11.5 Å². The van der Waals surface area contributed by atoms with Gasteiger partial charge >= 0.3 is 0 Å². The Bertz CT molecular complexity index is 1510. The molecule has 1 aromatic heterocycles. The van der Waals surface area contributed by atoms with E-state index in [1.54, 1.807) is 48.2 Å². The van der Waals surface area contributed by atoms with Gasteiger partial charge in [0.25, 0.3) is 15.9 Å². The number of benzene rings is 3. The molecule has 198 valence electrons. The highest BCUT2D eigenvalue weighted by atomic mass is 32.2. The Hall–Kier alpha value is -3.67. The molecular formula is C27H28N4O5S2. The number of hydrogen-bond acceptors (Lipinski definition) is 8. The van der Waals surface area contributed by atoms with Gasteiger partial charge in [-0.15, -0.1) is 0 Å². The number of sulfonamides is 1. The predicted molar refractivity (Wildman–Crippen MR) is 149 cm³/mol. The van der Waals surface area contributed by atoms with E-state index < -0.39 is 10.0 Å². The van der Waals surface area contributed by atoms with Crippen LogP contribution < -0.4 is 18.7 Å². The summed E-state index contributed by atoms with van der Waals surface area (Å²) in [6, 6.07) is 18.7. The summed E-state index contributed by atoms with van der Waals surface area (Å²) in [4.78, 5) is 22.1. The van der Waals surface area contributed by atoms with Crippen LogP contribution in [0, 0.1) is 0 Å². The smallest absolute Gasteiger partial charge is 0.264 e. The summed E-state index contributed by atoms with van der Waals surface area (Å²) in [5.74, 6) is 1.03. The number of aromatic nitrogens is 1. The number of amides is 1. The molecule has 0 N–H and O–H groups in total. The van der Waals surface area contributed by atoms with Crippen LogP contribution in [0.15, 0.2) is 71.6 Å². The molecule has 1 aliphatic rings. The molecule has 1 aliphatic heterocycles. The van der Waals surface area contributed by atoms with Crippen LogP contribution in [0.25, 0.3) is 10.2 Å². The molecule has 0 unspecified atom stereocenters. The van der Waals surface area contributed by atoms with Crippen LogP contribution in [-0.2, 0) is 10.0 Å². The van der Waals surface area contributed by atoms with Gasteiger partial charge in [-0.3, -0.25) is 14.0 Å². The number of thiazole rings is 1. The van der Waals surface area contributed by atoms with Gasteiger partial charge in [-0.1, -0.05) is 29.5 Å². The van der Waals surface area contributed by atoms with Crippen molar-refractivity contribution in [3.63, 3.8) is 0 Å². The van der Waals surface area contributed by atoms with Gasteiger partial charge in [0, 0.05) is 37.3 Å². The zero-order valence-corrected chi connectivity index (χ0v) is 23.0. The zero-order chi connectivity index (χ0) is 26.9. The molecule has 0 fully saturated rings. The Kier molecular flexibility index (Phi) is 7.24. The van der Waals surface area contributed by atoms with Crippen LogP contribution >= 0.6 is 11.3 Å². The molecule has 0 saturated heterocycles. The van der Waals surface area contributed by atoms with Crippen molar-refractivity contribution in [3.05, 3.63) is 72.3 Å². The van der Waals surface area contributed by atoms with Crippen molar-refractivity contribution in [2.45, 2.75) is 11.8 Å². The topological polar surface area (TPSA) is 92.3 Å². The lowest BCUT2D eigenvalue weighted by Gasteiger charge is -2.24. The van der Waals surface area contributed by atoms with E-state index in [-0.39, 0.29) is 24.1 Å². The number of para-hydroxylation sites is 1. The Morgan fingerprint density at radius 3 is 2.32 bits per heavy atom. The number of anilines is 2. The minimum atomic E-state index is -3.80. The Morgan fingerprint density at radius 2 is 1.66 bits per heavy atom. The first kappa shape index (κ1) is 26.0. The van der Waals surface area contributed by atoms with E-state index in [0.29, 0.717) is 41.0 Å². The van der Waals surface area contributed by atoms with Gasteiger partial charge in [-0.05, 0) is 57.4 Å². The third kappa shape index (κ3) is 5.04. The van der Waals surface area contributed by atoms with Crippen LogP contribution in [0.3, 0.4) is 0 Å². The maximum Gasteiger partial charge on any atom is 0.264 e. The maximum atomic E-state index is 13.7. The standard InChI is InChI=1S/C27H28N4O5S2/c1-4-31(20-8-6-5-7-9-20)38(33,34)21-12-10-19(11-13-21)26(32)30(15-14-29(2)3)27-28-22-16-23-24(36-18-35-23)17-25(22)37-27/h5-13,16-17H,4,14-15,18H2,1-3H3. The molecule has 9 nitrogen and oxygen atoms in total. The second kappa shape index (κ2) is 10.6. The van der Waals surface area contributed by atoms with Crippen LogP contribution in [-0.4, -0.2) is 64.7 Å². The van der Waals surface area contributed by atoms with Crippen LogP contribution in [0.2, 0.25) is 0 Å². The third-order valence-electron chi connectivity index (χ3n) is 6.14. The largest absolute Gasteiger partial charge is 0.454 e. The van der Waals surface area contributed by atoms with Crippen molar-refractivity contribution < 1.29 is 22.7 Å². The fourth-order valence-electron chi connectivity index (χ4n) is 4.14. The van der Waals surface area contributed by atoms with E-state index in [0.717, 1.165) is 10.2 Å². The molecule has 0 atom stereocenters. The maximum absolute atomic E-state index is 13.7. The minimum Gasteiger partial charge on any atom is -0.454 e. The van der Waals surface area contributed by atoms with Crippen molar-refractivity contribution in [1.82, 2.24) is 9.88 Å². The summed E-state index contributed by atoms with van der Waals surface area (Å²) in [6.45, 7) is 3.29. The lowest BCUT2D eigenvalue weighted by molar-refractivity contribution is 0.0985. The minimum absolute atomic E-state index is 0.120. The summed E-state index contributed by atoms with van der Waals surface area (Å²) in [7, 11) is 0.0779. The number of carbonyl (C=O) groups excluding carboxylic acids is 1. The molecule has 0 radical (unpaired) electrons. The van der Waals surface area contributed by atoms with E-state index in [1.807, 2.05) is 37.2 Å². The molecule has 0 aliphatic carbocycles. The van der Waals surface area contributed by atoms with E-state index in [1.165, 1.54) is 27.8 Å². The molecule has 0 spiro atoms. The van der Waals surface area contributed by atoms with Gasteiger partial charge in [0.2, 0.25) is 6.79 Å². The molecule has 0 saturated carbocycles. The van der Waals surface area contributed by atoms with Crippen LogP contribution in [0.4, 0.5) is 10.8 Å². The summed E-state index contributed by atoms with van der Waals surface area (Å²) in [5.41, 5.74) is 1.68. The lowest BCUT2D eigenvalue weighted by Crippen LogP contribution is -2.36. The molecule has 5 rings (SSSR count). The van der Waals surface area contributed by atoms with Gasteiger partial charge in [0.1, 0.15) is 0 Å². The number of rotatable bonds is 9. The molecule has 2 heterocycles. The predicted octanol–water partition coefficient (Wildman–Crippen LogP) is 4.45. The molecular weight excluding hydrogens is 524 g/mol. The molecule has 11 heteroatoms. The Balaban J connectivity index is 1.44. The number of hydrogen-bond donors (Lipinski definition) is 0. The number of fused-ring (bicyclic) bond motifs is 2. The number of nitrogens with zero attached hydrogens (tertiary/aromatic N) is 4. The van der Waals surface area contributed by atoms with E-state index >= 15 is 0 Å². The lowest BCUT2D eigenvalue weighted by atomic mass is 10.2. The summed E-state index contributed by atoms with van der Waals surface area (Å²) in [5, 5.41) is 0.549. The fourth-order valence-corrected chi connectivity index (χ4v) is 6.62. The van der Waals surface area contributed by atoms with Gasteiger partial charge in [0.05, 0.1) is 20.8 Å². The number of carbonyl (C=O) groups is 1. The average molecular weight is 553 g/mol. The first-order valence-corrected chi connectivity index (χ1v) is 14.4. The highest BCUT2D eigenvalue weighted by Crippen LogP contribution is 2.40. The second-order valence-electron chi connectivity index (χ2n) is 8.96. The molecule has 1 amide bonds. The third-order valence-corrected chi connectivity index (χ3v) is 9.10.